The summed E-state index contributed by atoms with van der Waals surface area (Å²) in [5, 5.41) is 20.0. The minimum Gasteiger partial charge on any atom is -0.396 e. The zero-order chi connectivity index (χ0) is 16.9. The van der Waals surface area contributed by atoms with Gasteiger partial charge in [0.05, 0.1) is 11.9 Å². The average molecular weight is 320 g/mol. The van der Waals surface area contributed by atoms with Gasteiger partial charge in [-0.3, -0.25) is 4.79 Å². The summed E-state index contributed by atoms with van der Waals surface area (Å²) in [6.45, 7) is 4.57. The summed E-state index contributed by atoms with van der Waals surface area (Å²) in [4.78, 5) is 13.3. The molecular weight excluding hydrogens is 299 g/mol. The van der Waals surface area contributed by atoms with Crippen LogP contribution in [0.15, 0.2) is 30.5 Å². The largest absolute Gasteiger partial charge is 0.396 e. The SMILES string of the molecule is CC(C)(CO)CCCNC(=O)c1cnn(-c2ccc(F)cc2)n1. The number of hydrogen-bond donors (Lipinski definition) is 2. The van der Waals surface area contributed by atoms with E-state index in [1.54, 1.807) is 0 Å². The van der Waals surface area contributed by atoms with E-state index in [4.69, 9.17) is 0 Å². The van der Waals surface area contributed by atoms with E-state index in [0.29, 0.717) is 12.2 Å². The molecule has 1 aromatic carbocycles. The Labute approximate surface area is 134 Å². The Morgan fingerprint density at radius 3 is 2.70 bits per heavy atom. The number of nitrogens with one attached hydrogen (secondary N) is 1. The van der Waals surface area contributed by atoms with Crippen molar-refractivity contribution in [2.45, 2.75) is 26.7 Å². The van der Waals surface area contributed by atoms with Crippen LogP contribution in [0.3, 0.4) is 0 Å². The van der Waals surface area contributed by atoms with Crippen molar-refractivity contribution in [1.82, 2.24) is 20.3 Å². The van der Waals surface area contributed by atoms with Gasteiger partial charge >= 0.3 is 0 Å². The fraction of sp³-hybridized carbons (Fsp3) is 0.438. The smallest absolute Gasteiger partial charge is 0.273 e. The molecule has 0 unspecified atom stereocenters. The lowest BCUT2D eigenvalue weighted by Crippen LogP contribution is -2.26. The molecule has 124 valence electrons. The molecule has 7 heteroatoms. The van der Waals surface area contributed by atoms with Crippen LogP contribution in [0.2, 0.25) is 0 Å². The molecule has 1 heterocycles. The lowest BCUT2D eigenvalue weighted by atomic mass is 9.89. The summed E-state index contributed by atoms with van der Waals surface area (Å²) in [6, 6.07) is 5.69. The van der Waals surface area contributed by atoms with Gasteiger partial charge in [-0.05, 0) is 42.5 Å². The highest BCUT2D eigenvalue weighted by Gasteiger charge is 2.16. The van der Waals surface area contributed by atoms with Crippen molar-refractivity contribution in [2.75, 3.05) is 13.2 Å². The Bertz CT molecular complexity index is 652. The second kappa shape index (κ2) is 7.32. The monoisotopic (exact) mass is 320 g/mol. The highest BCUT2D eigenvalue weighted by Crippen LogP contribution is 2.20. The number of carbonyl (C=O) groups is 1. The molecule has 6 nitrogen and oxygen atoms in total. The zero-order valence-corrected chi connectivity index (χ0v) is 13.3. The standard InChI is InChI=1S/C16H21FN4O2/c1-16(2,11-22)8-3-9-18-15(23)14-10-19-21(20-14)13-6-4-12(17)5-7-13/h4-7,10,22H,3,8-9,11H2,1-2H3,(H,18,23). The number of aromatic nitrogens is 3. The molecule has 0 spiro atoms. The summed E-state index contributed by atoms with van der Waals surface area (Å²) in [5.41, 5.74) is 0.641. The first-order valence-corrected chi connectivity index (χ1v) is 7.49. The first kappa shape index (κ1) is 17.1. The number of aliphatic hydroxyl groups is 1. The summed E-state index contributed by atoms with van der Waals surface area (Å²) in [7, 11) is 0. The third-order valence-corrected chi connectivity index (χ3v) is 3.53. The van der Waals surface area contributed by atoms with Gasteiger partial charge in [0.25, 0.3) is 5.91 Å². The van der Waals surface area contributed by atoms with Crippen LogP contribution in [0.4, 0.5) is 4.39 Å². The Morgan fingerprint density at radius 1 is 1.35 bits per heavy atom. The normalized spacial score (nSPS) is 11.5. The van der Waals surface area contributed by atoms with Crippen molar-refractivity contribution in [1.29, 1.82) is 0 Å². The lowest BCUT2D eigenvalue weighted by Gasteiger charge is -2.21. The molecule has 1 amide bonds. The number of hydrogen-bond acceptors (Lipinski definition) is 4. The second-order valence-electron chi connectivity index (χ2n) is 6.18. The second-order valence-corrected chi connectivity index (χ2v) is 6.18. The lowest BCUT2D eigenvalue weighted by molar-refractivity contribution is 0.0943. The molecule has 2 N–H and O–H groups in total. The molecule has 23 heavy (non-hydrogen) atoms. The number of nitrogens with zero attached hydrogens (tertiary/aromatic N) is 3. The van der Waals surface area contributed by atoms with E-state index in [1.165, 1.54) is 35.3 Å². The summed E-state index contributed by atoms with van der Waals surface area (Å²) in [6.07, 6.45) is 2.95. The molecule has 0 saturated heterocycles. The summed E-state index contributed by atoms with van der Waals surface area (Å²) >= 11 is 0. The van der Waals surface area contributed by atoms with Gasteiger partial charge in [-0.15, -0.1) is 5.10 Å². The van der Waals surface area contributed by atoms with Gasteiger partial charge < -0.3 is 10.4 Å². The molecule has 0 saturated carbocycles. The summed E-state index contributed by atoms with van der Waals surface area (Å²) < 4.78 is 12.9. The van der Waals surface area contributed by atoms with E-state index < -0.39 is 0 Å². The number of rotatable bonds is 7. The average Bonchev–Trinajstić information content (AvgIpc) is 3.02. The van der Waals surface area contributed by atoms with Gasteiger partial charge in [0, 0.05) is 13.2 Å². The van der Waals surface area contributed by atoms with Gasteiger partial charge in [-0.1, -0.05) is 13.8 Å². The molecule has 0 aliphatic carbocycles. The first-order valence-electron chi connectivity index (χ1n) is 7.49. The van der Waals surface area contributed by atoms with Crippen molar-refractivity contribution in [2.24, 2.45) is 5.41 Å². The molecule has 0 atom stereocenters. The third kappa shape index (κ3) is 4.85. The van der Waals surface area contributed by atoms with Gasteiger partial charge in [-0.25, -0.2) is 4.39 Å². The Hall–Kier alpha value is -2.28. The van der Waals surface area contributed by atoms with E-state index in [1.807, 2.05) is 13.8 Å². The van der Waals surface area contributed by atoms with Crippen LogP contribution in [0.1, 0.15) is 37.2 Å². The van der Waals surface area contributed by atoms with E-state index in [0.717, 1.165) is 12.8 Å². The number of benzene rings is 1. The molecular formula is C16H21FN4O2. The quantitative estimate of drug-likeness (QED) is 0.764. The first-order chi connectivity index (χ1) is 10.9. The number of aliphatic hydroxyl groups excluding tert-OH is 1. The van der Waals surface area contributed by atoms with Crippen LogP contribution >= 0.6 is 0 Å². The summed E-state index contributed by atoms with van der Waals surface area (Å²) in [5.74, 6) is -0.648. The minimum absolute atomic E-state index is 0.118. The van der Waals surface area contributed by atoms with Gasteiger partial charge in [-0.2, -0.15) is 9.90 Å². The molecule has 0 fully saturated rings. The molecule has 2 aromatic rings. The maximum absolute atomic E-state index is 12.9. The third-order valence-electron chi connectivity index (χ3n) is 3.53. The fourth-order valence-electron chi connectivity index (χ4n) is 2.00. The molecule has 0 bridgehead atoms. The van der Waals surface area contributed by atoms with Gasteiger partial charge in [0.2, 0.25) is 0 Å². The van der Waals surface area contributed by atoms with Crippen LogP contribution in [0.5, 0.6) is 0 Å². The maximum Gasteiger partial charge on any atom is 0.273 e. The molecule has 2 rings (SSSR count). The zero-order valence-electron chi connectivity index (χ0n) is 13.3. The van der Waals surface area contributed by atoms with E-state index >= 15 is 0 Å². The Balaban J connectivity index is 1.88. The predicted octanol–water partition coefficient (Wildman–Crippen LogP) is 1.93. The molecule has 0 aliphatic rings. The van der Waals surface area contributed by atoms with E-state index in [2.05, 4.69) is 15.5 Å². The van der Waals surface area contributed by atoms with Crippen molar-refractivity contribution >= 4 is 5.91 Å². The van der Waals surface area contributed by atoms with Crippen molar-refractivity contribution in [3.05, 3.63) is 42.0 Å². The van der Waals surface area contributed by atoms with Crippen LogP contribution < -0.4 is 5.32 Å². The maximum atomic E-state index is 12.9. The van der Waals surface area contributed by atoms with Crippen LogP contribution in [0, 0.1) is 11.2 Å². The van der Waals surface area contributed by atoms with Crippen molar-refractivity contribution < 1.29 is 14.3 Å². The predicted molar refractivity (Wildman–Crippen MR) is 83.8 cm³/mol. The van der Waals surface area contributed by atoms with Gasteiger partial charge in [0.1, 0.15) is 5.82 Å². The minimum atomic E-state index is -0.343. The van der Waals surface area contributed by atoms with Crippen LogP contribution in [-0.2, 0) is 0 Å². The molecule has 1 aromatic heterocycles. The van der Waals surface area contributed by atoms with Gasteiger partial charge in [0.15, 0.2) is 5.69 Å². The van der Waals surface area contributed by atoms with Crippen molar-refractivity contribution in [3.8, 4) is 5.69 Å². The van der Waals surface area contributed by atoms with Crippen LogP contribution in [0.25, 0.3) is 5.69 Å². The highest BCUT2D eigenvalue weighted by molar-refractivity contribution is 5.91. The highest BCUT2D eigenvalue weighted by atomic mass is 19.1. The number of carbonyl (C=O) groups excluding carboxylic acids is 1. The van der Waals surface area contributed by atoms with E-state index in [9.17, 15) is 14.3 Å². The van der Waals surface area contributed by atoms with Crippen molar-refractivity contribution in [3.63, 3.8) is 0 Å². The fourth-order valence-corrected chi connectivity index (χ4v) is 2.00. The number of amides is 1. The molecule has 0 radical (unpaired) electrons. The molecule has 0 aliphatic heterocycles. The van der Waals surface area contributed by atoms with E-state index in [-0.39, 0.29) is 29.4 Å². The topological polar surface area (TPSA) is 80.0 Å². The van der Waals surface area contributed by atoms with Crippen LogP contribution in [-0.4, -0.2) is 39.2 Å². The Morgan fingerprint density at radius 2 is 2.04 bits per heavy atom. The Kier molecular flexibility index (Phi) is 5.44. The number of halogens is 1.